The van der Waals surface area contributed by atoms with Crippen molar-refractivity contribution in [3.8, 4) is 33.8 Å². The Labute approximate surface area is 199 Å². The fourth-order valence-electron chi connectivity index (χ4n) is 4.16. The number of H-pyrrole nitrogens is 2. The Morgan fingerprint density at radius 1 is 0.943 bits per heavy atom. The number of halogens is 1. The topological polar surface area (TPSA) is 108 Å². The summed E-state index contributed by atoms with van der Waals surface area (Å²) in [6.07, 6.45) is 7.17. The second kappa shape index (κ2) is 8.69. The van der Waals surface area contributed by atoms with Crippen LogP contribution in [0, 0.1) is 5.82 Å². The van der Waals surface area contributed by atoms with Gasteiger partial charge in [0.05, 0.1) is 5.39 Å². The molecule has 172 valence electrons. The number of benzene rings is 1. The molecule has 0 saturated heterocycles. The van der Waals surface area contributed by atoms with E-state index in [0.29, 0.717) is 28.3 Å². The third-order valence-corrected chi connectivity index (χ3v) is 5.87. The largest absolute Gasteiger partial charge is 0.321 e. The molecule has 35 heavy (non-hydrogen) atoms. The number of nitrogens with one attached hydrogen (secondary N) is 3. The molecule has 0 aliphatic heterocycles. The third-order valence-electron chi connectivity index (χ3n) is 5.87. The molecule has 0 aliphatic carbocycles. The van der Waals surface area contributed by atoms with Gasteiger partial charge in [0.1, 0.15) is 17.0 Å². The van der Waals surface area contributed by atoms with E-state index in [1.807, 2.05) is 30.6 Å². The minimum atomic E-state index is -0.302. The van der Waals surface area contributed by atoms with E-state index < -0.39 is 0 Å². The normalized spacial score (nSPS) is 11.5. The summed E-state index contributed by atoms with van der Waals surface area (Å²) in [6, 6.07) is 12.4. The maximum atomic E-state index is 13.8. The molecule has 0 radical (unpaired) electrons. The molecule has 0 aliphatic rings. The number of pyridine rings is 3. The van der Waals surface area contributed by atoms with Gasteiger partial charge in [-0.25, -0.2) is 19.3 Å². The van der Waals surface area contributed by atoms with Gasteiger partial charge in [-0.2, -0.15) is 5.10 Å². The van der Waals surface area contributed by atoms with E-state index in [9.17, 15) is 4.39 Å². The van der Waals surface area contributed by atoms with Gasteiger partial charge < -0.3 is 10.3 Å². The number of hydrogen-bond acceptors (Lipinski definition) is 6. The lowest BCUT2D eigenvalue weighted by molar-refractivity contribution is 0.628. The van der Waals surface area contributed by atoms with Crippen LogP contribution in [0.15, 0.2) is 67.3 Å². The van der Waals surface area contributed by atoms with Crippen molar-refractivity contribution in [2.75, 3.05) is 6.54 Å². The van der Waals surface area contributed by atoms with Crippen LogP contribution in [0.4, 0.5) is 4.39 Å². The molecule has 0 spiro atoms. The smallest absolute Gasteiger partial charge is 0.161 e. The highest BCUT2D eigenvalue weighted by molar-refractivity contribution is 5.96. The van der Waals surface area contributed by atoms with Crippen LogP contribution in [0.5, 0.6) is 0 Å². The first-order valence-electron chi connectivity index (χ1n) is 11.3. The van der Waals surface area contributed by atoms with Crippen LogP contribution in [0.25, 0.3) is 56.0 Å². The predicted octanol–water partition coefficient (Wildman–Crippen LogP) is 4.87. The van der Waals surface area contributed by atoms with Gasteiger partial charge in [-0.05, 0) is 48.0 Å². The first-order chi connectivity index (χ1) is 17.2. The lowest BCUT2D eigenvalue weighted by Gasteiger charge is -2.05. The van der Waals surface area contributed by atoms with Gasteiger partial charge in [0.25, 0.3) is 0 Å². The van der Waals surface area contributed by atoms with Crippen molar-refractivity contribution in [2.45, 2.75) is 13.5 Å². The van der Waals surface area contributed by atoms with Crippen LogP contribution in [0.3, 0.4) is 0 Å². The Morgan fingerprint density at radius 2 is 1.86 bits per heavy atom. The lowest BCUT2D eigenvalue weighted by Crippen LogP contribution is -2.11. The predicted molar refractivity (Wildman–Crippen MR) is 133 cm³/mol. The minimum absolute atomic E-state index is 0.302. The van der Waals surface area contributed by atoms with Crippen LogP contribution < -0.4 is 5.32 Å². The molecule has 6 aromatic rings. The molecule has 1 aromatic carbocycles. The van der Waals surface area contributed by atoms with Crippen LogP contribution in [-0.4, -0.2) is 41.7 Å². The summed E-state index contributed by atoms with van der Waals surface area (Å²) in [6.45, 7) is 3.72. The zero-order valence-electron chi connectivity index (χ0n) is 18.9. The molecule has 0 fully saturated rings. The molecule has 0 unspecified atom stereocenters. The average molecular weight is 465 g/mol. The molecule has 5 aromatic heterocycles. The minimum Gasteiger partial charge on any atom is -0.321 e. The zero-order chi connectivity index (χ0) is 23.8. The summed E-state index contributed by atoms with van der Waals surface area (Å²) < 4.78 is 13.8. The number of aromatic amines is 2. The van der Waals surface area contributed by atoms with Crippen LogP contribution in [-0.2, 0) is 6.54 Å². The summed E-state index contributed by atoms with van der Waals surface area (Å²) in [7, 11) is 0. The molecule has 0 saturated carbocycles. The Kier molecular flexibility index (Phi) is 5.23. The van der Waals surface area contributed by atoms with Crippen molar-refractivity contribution in [1.29, 1.82) is 0 Å². The number of imidazole rings is 1. The number of aromatic nitrogens is 7. The summed E-state index contributed by atoms with van der Waals surface area (Å²) in [5, 5.41) is 11.6. The van der Waals surface area contributed by atoms with Crippen molar-refractivity contribution in [1.82, 2.24) is 40.4 Å². The molecule has 5 heterocycles. The molecular formula is C26H21FN8. The Morgan fingerprint density at radius 3 is 2.74 bits per heavy atom. The highest BCUT2D eigenvalue weighted by Gasteiger charge is 2.17. The van der Waals surface area contributed by atoms with Crippen molar-refractivity contribution in [2.24, 2.45) is 0 Å². The van der Waals surface area contributed by atoms with Gasteiger partial charge in [0.2, 0.25) is 0 Å². The highest BCUT2D eigenvalue weighted by Crippen LogP contribution is 2.32. The Balaban J connectivity index is 1.44. The van der Waals surface area contributed by atoms with E-state index in [0.717, 1.165) is 46.3 Å². The van der Waals surface area contributed by atoms with E-state index in [1.54, 1.807) is 18.5 Å². The molecule has 0 atom stereocenters. The highest BCUT2D eigenvalue weighted by atomic mass is 19.1. The number of hydrogen-bond donors (Lipinski definition) is 3. The fraction of sp³-hybridized carbons (Fsp3) is 0.115. The molecule has 3 N–H and O–H groups in total. The second-order valence-electron chi connectivity index (χ2n) is 8.21. The van der Waals surface area contributed by atoms with Gasteiger partial charge in [-0.15, -0.1) is 0 Å². The van der Waals surface area contributed by atoms with Gasteiger partial charge in [0.15, 0.2) is 17.1 Å². The van der Waals surface area contributed by atoms with Gasteiger partial charge in [0, 0.05) is 48.0 Å². The summed E-state index contributed by atoms with van der Waals surface area (Å²) >= 11 is 0. The van der Waals surface area contributed by atoms with E-state index >= 15 is 0 Å². The van der Waals surface area contributed by atoms with E-state index in [4.69, 9.17) is 4.98 Å². The lowest BCUT2D eigenvalue weighted by atomic mass is 10.1. The Hall–Kier alpha value is -4.50. The second-order valence-corrected chi connectivity index (χ2v) is 8.21. The van der Waals surface area contributed by atoms with Crippen molar-refractivity contribution >= 4 is 22.2 Å². The standard InChI is InChI=1S/C26H21FN8/c1-2-28-11-15-8-17(13-29-12-15)18-10-21-23(34-35-24(21)31-14-18)26-32-22-20(6-7-30-25(22)33-26)16-4-3-5-19(27)9-16/h3-10,12-14,28H,2,11H2,1H3,(H,30,32,33)(H,31,34,35). The first kappa shape index (κ1) is 21.1. The van der Waals surface area contributed by atoms with Crippen LogP contribution in [0.2, 0.25) is 0 Å². The van der Waals surface area contributed by atoms with Gasteiger partial charge in [-0.1, -0.05) is 19.1 Å². The Bertz CT molecular complexity index is 1670. The maximum Gasteiger partial charge on any atom is 0.161 e. The fourth-order valence-corrected chi connectivity index (χ4v) is 4.16. The van der Waals surface area contributed by atoms with Gasteiger partial charge in [-0.3, -0.25) is 10.1 Å². The van der Waals surface area contributed by atoms with E-state index in [-0.39, 0.29) is 5.82 Å². The van der Waals surface area contributed by atoms with E-state index in [2.05, 4.69) is 48.4 Å². The maximum absolute atomic E-state index is 13.8. The molecule has 0 amide bonds. The monoisotopic (exact) mass is 464 g/mol. The molecular weight excluding hydrogens is 443 g/mol. The summed E-state index contributed by atoms with van der Waals surface area (Å²) in [5.74, 6) is 0.254. The summed E-state index contributed by atoms with van der Waals surface area (Å²) in [4.78, 5) is 21.4. The van der Waals surface area contributed by atoms with Crippen LogP contribution in [0.1, 0.15) is 12.5 Å². The molecule has 8 nitrogen and oxygen atoms in total. The van der Waals surface area contributed by atoms with Crippen LogP contribution >= 0.6 is 0 Å². The number of nitrogens with zero attached hydrogens (tertiary/aromatic N) is 5. The average Bonchev–Trinajstić information content (AvgIpc) is 3.51. The SMILES string of the molecule is CCNCc1cncc(-c2cnc3[nH]nc(-c4nc5c(-c6cccc(F)c6)ccnc5[nH]4)c3c2)c1. The van der Waals surface area contributed by atoms with Crippen molar-refractivity contribution in [3.05, 3.63) is 78.6 Å². The number of fused-ring (bicyclic) bond motifs is 2. The van der Waals surface area contributed by atoms with Gasteiger partial charge >= 0.3 is 0 Å². The van der Waals surface area contributed by atoms with Crippen molar-refractivity contribution in [3.63, 3.8) is 0 Å². The molecule has 0 bridgehead atoms. The van der Waals surface area contributed by atoms with Crippen molar-refractivity contribution < 1.29 is 4.39 Å². The number of rotatable bonds is 6. The molecule has 9 heteroatoms. The quantitative estimate of drug-likeness (QED) is 0.324. The first-order valence-corrected chi connectivity index (χ1v) is 11.3. The zero-order valence-corrected chi connectivity index (χ0v) is 18.9. The molecule has 6 rings (SSSR count). The summed E-state index contributed by atoms with van der Waals surface area (Å²) in [5.41, 5.74) is 7.06. The van der Waals surface area contributed by atoms with E-state index in [1.165, 1.54) is 12.1 Å². The third kappa shape index (κ3) is 3.91.